The number of rotatable bonds is 10. The van der Waals surface area contributed by atoms with E-state index in [1.165, 1.54) is 18.2 Å². The maximum absolute atomic E-state index is 13.0. The van der Waals surface area contributed by atoms with E-state index in [9.17, 15) is 14.0 Å². The van der Waals surface area contributed by atoms with Crippen molar-refractivity contribution < 1.29 is 23.6 Å². The summed E-state index contributed by atoms with van der Waals surface area (Å²) in [5.41, 5.74) is 0.732. The highest BCUT2D eigenvalue weighted by Gasteiger charge is 2.21. The molecule has 0 aliphatic rings. The molecule has 30 heavy (non-hydrogen) atoms. The molecule has 3 N–H and O–H groups in total. The van der Waals surface area contributed by atoms with Crippen LogP contribution in [0.2, 0.25) is 0 Å². The Hall–Kier alpha value is -2.74. The van der Waals surface area contributed by atoms with E-state index in [0.717, 1.165) is 0 Å². The molecular formula is C22H30FN3O4. The zero-order valence-corrected chi connectivity index (χ0v) is 17.8. The molecule has 0 fully saturated rings. The average Bonchev–Trinajstić information content (AvgIpc) is 3.18. The summed E-state index contributed by atoms with van der Waals surface area (Å²) < 4.78 is 18.2. The Morgan fingerprint density at radius 2 is 1.70 bits per heavy atom. The van der Waals surface area contributed by atoms with Crippen LogP contribution < -0.4 is 10.6 Å². The third-order valence-electron chi connectivity index (χ3n) is 4.86. The smallest absolute Gasteiger partial charge is 0.273 e. The molecule has 4 atom stereocenters. The van der Waals surface area contributed by atoms with Crippen molar-refractivity contribution in [3.05, 3.63) is 41.8 Å². The summed E-state index contributed by atoms with van der Waals surface area (Å²) >= 11 is 0. The zero-order valence-electron chi connectivity index (χ0n) is 17.8. The Kier molecular flexibility index (Phi) is 8.53. The molecule has 1 aromatic carbocycles. The van der Waals surface area contributed by atoms with E-state index in [4.69, 9.17) is 9.63 Å². The van der Waals surface area contributed by atoms with Crippen molar-refractivity contribution in [3.8, 4) is 11.3 Å². The highest BCUT2D eigenvalue weighted by molar-refractivity contribution is 5.93. The Morgan fingerprint density at radius 1 is 1.07 bits per heavy atom. The third kappa shape index (κ3) is 6.95. The molecule has 8 heteroatoms. The van der Waals surface area contributed by atoms with Crippen molar-refractivity contribution in [3.63, 3.8) is 0 Å². The molecule has 0 saturated carbocycles. The molecule has 2 amide bonds. The zero-order chi connectivity index (χ0) is 22.3. The van der Waals surface area contributed by atoms with Gasteiger partial charge in [-0.2, -0.15) is 0 Å². The number of nitrogens with one attached hydrogen (secondary N) is 2. The number of amides is 2. The lowest BCUT2D eigenvalue weighted by atomic mass is 9.99. The molecule has 0 aliphatic carbocycles. The maximum atomic E-state index is 13.0. The van der Waals surface area contributed by atoms with Crippen molar-refractivity contribution in [2.75, 3.05) is 6.61 Å². The Morgan fingerprint density at radius 3 is 2.33 bits per heavy atom. The molecule has 1 heterocycles. The predicted molar refractivity (Wildman–Crippen MR) is 111 cm³/mol. The standard InChI is InChI=1S/C22H30FN3O4/c1-13(12-27)9-15(3)24-21(28)14(2)10-16(4)25-22(29)19-11-20(30-26-19)17-5-7-18(23)8-6-17/h5-8,11,13-16,27H,9-10,12H2,1-4H3,(H,24,28)(H,25,29)/t13-,14-,15?,16?/m0/s1. The van der Waals surface area contributed by atoms with Crippen molar-refractivity contribution in [1.82, 2.24) is 15.8 Å². The highest BCUT2D eigenvalue weighted by atomic mass is 19.1. The van der Waals surface area contributed by atoms with Crippen LogP contribution in [0.25, 0.3) is 11.3 Å². The molecule has 2 rings (SSSR count). The van der Waals surface area contributed by atoms with E-state index in [1.807, 2.05) is 27.7 Å². The lowest BCUT2D eigenvalue weighted by Gasteiger charge is -2.22. The lowest BCUT2D eigenvalue weighted by Crippen LogP contribution is -2.41. The first-order valence-corrected chi connectivity index (χ1v) is 10.1. The summed E-state index contributed by atoms with van der Waals surface area (Å²) in [5, 5.41) is 18.7. The van der Waals surface area contributed by atoms with Crippen molar-refractivity contribution >= 4 is 11.8 Å². The van der Waals surface area contributed by atoms with Gasteiger partial charge in [0.25, 0.3) is 5.91 Å². The number of aliphatic hydroxyl groups excluding tert-OH is 1. The SMILES string of the molecule is CC(C[C@H](C)C(=O)NC(C)C[C@H](C)CO)NC(=O)c1cc(-c2ccc(F)cc2)on1. The predicted octanol–water partition coefficient (Wildman–Crippen LogP) is 3.15. The van der Waals surface area contributed by atoms with E-state index in [2.05, 4.69) is 15.8 Å². The van der Waals surface area contributed by atoms with Gasteiger partial charge in [0, 0.05) is 36.2 Å². The molecule has 0 saturated heterocycles. The normalized spacial score (nSPS) is 15.1. The Balaban J connectivity index is 1.85. The second-order valence-electron chi connectivity index (χ2n) is 8.03. The lowest BCUT2D eigenvalue weighted by molar-refractivity contribution is -0.125. The van der Waals surface area contributed by atoms with Crippen LogP contribution in [0.3, 0.4) is 0 Å². The second kappa shape index (κ2) is 10.9. The number of halogens is 1. The quantitative estimate of drug-likeness (QED) is 0.549. The fourth-order valence-corrected chi connectivity index (χ4v) is 3.25. The molecule has 0 aliphatic heterocycles. The van der Waals surface area contributed by atoms with Gasteiger partial charge < -0.3 is 20.3 Å². The van der Waals surface area contributed by atoms with E-state index < -0.39 is 5.91 Å². The van der Waals surface area contributed by atoms with E-state index >= 15 is 0 Å². The summed E-state index contributed by atoms with van der Waals surface area (Å²) in [6.07, 6.45) is 1.16. The van der Waals surface area contributed by atoms with Gasteiger partial charge in [0.1, 0.15) is 5.82 Å². The van der Waals surface area contributed by atoms with Gasteiger partial charge in [-0.3, -0.25) is 9.59 Å². The average molecular weight is 419 g/mol. The molecule has 2 unspecified atom stereocenters. The van der Waals surface area contributed by atoms with Gasteiger partial charge in [0.15, 0.2) is 11.5 Å². The number of aliphatic hydroxyl groups is 1. The van der Waals surface area contributed by atoms with Gasteiger partial charge in [-0.25, -0.2) is 4.39 Å². The van der Waals surface area contributed by atoms with E-state index in [0.29, 0.717) is 24.2 Å². The largest absolute Gasteiger partial charge is 0.396 e. The fourth-order valence-electron chi connectivity index (χ4n) is 3.25. The van der Waals surface area contributed by atoms with Crippen LogP contribution in [-0.2, 0) is 4.79 Å². The first-order valence-electron chi connectivity index (χ1n) is 10.1. The van der Waals surface area contributed by atoms with Gasteiger partial charge >= 0.3 is 0 Å². The van der Waals surface area contributed by atoms with Gasteiger partial charge in [-0.1, -0.05) is 19.0 Å². The summed E-state index contributed by atoms with van der Waals surface area (Å²) in [6, 6.07) is 6.90. The van der Waals surface area contributed by atoms with Crippen LogP contribution in [0.1, 0.15) is 51.0 Å². The number of carbonyl (C=O) groups is 2. The van der Waals surface area contributed by atoms with Gasteiger partial charge in [-0.15, -0.1) is 0 Å². The van der Waals surface area contributed by atoms with Gasteiger partial charge in [-0.05, 0) is 56.9 Å². The monoisotopic (exact) mass is 419 g/mol. The maximum Gasteiger partial charge on any atom is 0.273 e. The first kappa shape index (κ1) is 23.5. The molecule has 164 valence electrons. The molecular weight excluding hydrogens is 389 g/mol. The minimum atomic E-state index is -0.405. The first-order chi connectivity index (χ1) is 14.2. The summed E-state index contributed by atoms with van der Waals surface area (Å²) in [6.45, 7) is 7.55. The minimum Gasteiger partial charge on any atom is -0.396 e. The van der Waals surface area contributed by atoms with Crippen LogP contribution >= 0.6 is 0 Å². The van der Waals surface area contributed by atoms with E-state index in [-0.39, 0.29) is 47.9 Å². The molecule has 0 radical (unpaired) electrons. The molecule has 0 spiro atoms. The topological polar surface area (TPSA) is 104 Å². The van der Waals surface area contributed by atoms with Gasteiger partial charge in [0.2, 0.25) is 5.91 Å². The highest BCUT2D eigenvalue weighted by Crippen LogP contribution is 2.20. The Labute approximate surface area is 176 Å². The van der Waals surface area contributed by atoms with Gasteiger partial charge in [0.05, 0.1) is 0 Å². The van der Waals surface area contributed by atoms with Crippen LogP contribution in [0.15, 0.2) is 34.9 Å². The fraction of sp³-hybridized carbons (Fsp3) is 0.500. The van der Waals surface area contributed by atoms with E-state index in [1.54, 1.807) is 12.1 Å². The number of aromatic nitrogens is 1. The Bertz CT molecular complexity index is 837. The van der Waals surface area contributed by atoms with Crippen molar-refractivity contribution in [2.45, 2.75) is 52.6 Å². The number of carbonyl (C=O) groups excluding carboxylic acids is 2. The number of hydrogen-bond acceptors (Lipinski definition) is 5. The van der Waals surface area contributed by atoms with Crippen molar-refractivity contribution in [2.24, 2.45) is 11.8 Å². The van der Waals surface area contributed by atoms with Crippen LogP contribution in [0.5, 0.6) is 0 Å². The number of benzene rings is 1. The summed E-state index contributed by atoms with van der Waals surface area (Å²) in [4.78, 5) is 24.8. The molecule has 2 aromatic rings. The second-order valence-corrected chi connectivity index (χ2v) is 8.03. The number of hydrogen-bond donors (Lipinski definition) is 3. The van der Waals surface area contributed by atoms with Crippen LogP contribution in [-0.4, -0.2) is 40.8 Å². The van der Waals surface area contributed by atoms with Crippen LogP contribution in [0.4, 0.5) is 4.39 Å². The molecule has 7 nitrogen and oxygen atoms in total. The molecule has 1 aromatic heterocycles. The third-order valence-corrected chi connectivity index (χ3v) is 4.86. The summed E-state index contributed by atoms with van der Waals surface area (Å²) in [7, 11) is 0. The summed E-state index contributed by atoms with van der Waals surface area (Å²) in [5.74, 6) is -0.659. The molecule has 0 bridgehead atoms. The minimum absolute atomic E-state index is 0.0352. The van der Waals surface area contributed by atoms with Crippen molar-refractivity contribution in [1.29, 1.82) is 0 Å². The number of nitrogens with zero attached hydrogens (tertiary/aromatic N) is 1. The van der Waals surface area contributed by atoms with Crippen LogP contribution in [0, 0.1) is 17.7 Å².